The first-order valence-corrected chi connectivity index (χ1v) is 4.59. The number of non-ortho nitro benzene ring substituents is 1. The van der Waals surface area contributed by atoms with E-state index in [9.17, 15) is 14.5 Å². The second-order valence-electron chi connectivity index (χ2n) is 3.63. The van der Waals surface area contributed by atoms with Gasteiger partial charge < -0.3 is 4.90 Å². The Bertz CT molecular complexity index is 380. The molecule has 15 heavy (non-hydrogen) atoms. The molecule has 5 heteroatoms. The van der Waals surface area contributed by atoms with Gasteiger partial charge in [-0.1, -0.05) is 0 Å². The van der Waals surface area contributed by atoms with E-state index in [-0.39, 0.29) is 11.7 Å². The first-order valence-electron chi connectivity index (χ1n) is 4.59. The van der Waals surface area contributed by atoms with Crippen molar-refractivity contribution in [3.05, 3.63) is 34.1 Å². The third-order valence-electron chi connectivity index (χ3n) is 2.26. The highest BCUT2D eigenvalue weighted by molar-refractivity contribution is 5.53. The molecule has 0 saturated heterocycles. The third kappa shape index (κ3) is 2.65. The van der Waals surface area contributed by atoms with Crippen LogP contribution in [-0.2, 0) is 0 Å². The molecule has 0 aliphatic rings. The van der Waals surface area contributed by atoms with Crippen molar-refractivity contribution in [2.75, 3.05) is 11.9 Å². The maximum absolute atomic E-state index is 13.1. The van der Waals surface area contributed by atoms with Crippen LogP contribution in [0.5, 0.6) is 0 Å². The smallest absolute Gasteiger partial charge is 0.274 e. The summed E-state index contributed by atoms with van der Waals surface area (Å²) >= 11 is 0. The SMILES string of the molecule is CC(C)N(C)c1cc(F)cc([N+](=O)[O-])c1. The Morgan fingerprint density at radius 3 is 2.47 bits per heavy atom. The zero-order valence-electron chi connectivity index (χ0n) is 8.90. The fraction of sp³-hybridized carbons (Fsp3) is 0.400. The van der Waals surface area contributed by atoms with Crippen LogP contribution in [0.15, 0.2) is 18.2 Å². The summed E-state index contributed by atoms with van der Waals surface area (Å²) in [5.41, 5.74) is 0.286. The van der Waals surface area contributed by atoms with E-state index in [1.165, 1.54) is 12.1 Å². The first-order chi connectivity index (χ1) is 6.91. The van der Waals surface area contributed by atoms with Crippen molar-refractivity contribution >= 4 is 11.4 Å². The number of hydrogen-bond acceptors (Lipinski definition) is 3. The Labute approximate surface area is 87.5 Å². The molecule has 0 amide bonds. The molecule has 4 nitrogen and oxygen atoms in total. The van der Waals surface area contributed by atoms with E-state index in [0.29, 0.717) is 5.69 Å². The summed E-state index contributed by atoms with van der Waals surface area (Å²) in [6, 6.07) is 3.72. The summed E-state index contributed by atoms with van der Waals surface area (Å²) in [7, 11) is 1.77. The van der Waals surface area contributed by atoms with Gasteiger partial charge in [-0.25, -0.2) is 4.39 Å². The molecule has 1 aromatic carbocycles. The van der Waals surface area contributed by atoms with Crippen molar-refractivity contribution in [1.29, 1.82) is 0 Å². The molecule has 1 rings (SSSR count). The standard InChI is InChI=1S/C10H13FN2O2/c1-7(2)12(3)9-4-8(11)5-10(6-9)13(14)15/h4-7H,1-3H3. The predicted octanol–water partition coefficient (Wildman–Crippen LogP) is 2.58. The van der Waals surface area contributed by atoms with E-state index in [0.717, 1.165) is 6.07 Å². The van der Waals surface area contributed by atoms with Crippen molar-refractivity contribution in [3.63, 3.8) is 0 Å². The Morgan fingerprint density at radius 2 is 2.00 bits per heavy atom. The minimum atomic E-state index is -0.596. The van der Waals surface area contributed by atoms with Crippen LogP contribution in [-0.4, -0.2) is 18.0 Å². The van der Waals surface area contributed by atoms with Gasteiger partial charge in [0.1, 0.15) is 5.82 Å². The topological polar surface area (TPSA) is 46.4 Å². The highest BCUT2D eigenvalue weighted by Crippen LogP contribution is 2.23. The second kappa shape index (κ2) is 4.25. The van der Waals surface area contributed by atoms with E-state index in [4.69, 9.17) is 0 Å². The normalized spacial score (nSPS) is 10.5. The molecule has 0 fully saturated rings. The summed E-state index contributed by atoms with van der Waals surface area (Å²) in [6.07, 6.45) is 0. The monoisotopic (exact) mass is 212 g/mol. The maximum atomic E-state index is 13.1. The number of nitro groups is 1. The summed E-state index contributed by atoms with van der Waals surface area (Å²) < 4.78 is 13.1. The number of anilines is 1. The fourth-order valence-electron chi connectivity index (χ4n) is 1.17. The second-order valence-corrected chi connectivity index (χ2v) is 3.63. The van der Waals surface area contributed by atoms with Gasteiger partial charge in [-0.05, 0) is 19.9 Å². The van der Waals surface area contributed by atoms with Gasteiger partial charge in [-0.3, -0.25) is 10.1 Å². The van der Waals surface area contributed by atoms with Gasteiger partial charge in [0.2, 0.25) is 0 Å². The van der Waals surface area contributed by atoms with E-state index < -0.39 is 10.7 Å². The van der Waals surface area contributed by atoms with E-state index >= 15 is 0 Å². The van der Waals surface area contributed by atoms with Crippen LogP contribution < -0.4 is 4.90 Å². The van der Waals surface area contributed by atoms with Crippen LogP contribution in [0.4, 0.5) is 15.8 Å². The third-order valence-corrected chi connectivity index (χ3v) is 2.26. The Morgan fingerprint density at radius 1 is 1.40 bits per heavy atom. The zero-order valence-corrected chi connectivity index (χ0v) is 8.90. The van der Waals surface area contributed by atoms with Gasteiger partial charge >= 0.3 is 0 Å². The summed E-state index contributed by atoms with van der Waals surface area (Å²) in [5.74, 6) is -0.591. The van der Waals surface area contributed by atoms with Gasteiger partial charge in [0.15, 0.2) is 0 Å². The molecule has 0 heterocycles. The highest BCUT2D eigenvalue weighted by Gasteiger charge is 2.13. The molecule has 1 aromatic rings. The molecular formula is C10H13FN2O2. The minimum Gasteiger partial charge on any atom is -0.372 e. The highest BCUT2D eigenvalue weighted by atomic mass is 19.1. The Kier molecular flexibility index (Phi) is 3.24. The number of hydrogen-bond donors (Lipinski definition) is 0. The molecule has 0 N–H and O–H groups in total. The molecule has 0 atom stereocenters. The molecule has 0 aliphatic heterocycles. The van der Waals surface area contributed by atoms with Gasteiger partial charge in [-0.2, -0.15) is 0 Å². The predicted molar refractivity (Wildman–Crippen MR) is 56.6 cm³/mol. The molecule has 0 bridgehead atoms. The Hall–Kier alpha value is -1.65. The van der Waals surface area contributed by atoms with Crippen LogP contribution in [0, 0.1) is 15.9 Å². The minimum absolute atomic E-state index is 0.159. The van der Waals surface area contributed by atoms with Crippen LogP contribution in [0.25, 0.3) is 0 Å². The summed E-state index contributed by atoms with van der Waals surface area (Å²) in [4.78, 5) is 11.7. The molecule has 0 saturated carbocycles. The lowest BCUT2D eigenvalue weighted by atomic mass is 10.2. The maximum Gasteiger partial charge on any atom is 0.274 e. The Balaban J connectivity index is 3.14. The van der Waals surface area contributed by atoms with Crippen LogP contribution in [0.3, 0.4) is 0 Å². The van der Waals surface area contributed by atoms with E-state index in [1.807, 2.05) is 13.8 Å². The van der Waals surface area contributed by atoms with Crippen molar-refractivity contribution in [2.24, 2.45) is 0 Å². The van der Waals surface area contributed by atoms with Crippen LogP contribution in [0.1, 0.15) is 13.8 Å². The van der Waals surface area contributed by atoms with Crippen molar-refractivity contribution in [2.45, 2.75) is 19.9 Å². The molecular weight excluding hydrogens is 199 g/mol. The average Bonchev–Trinajstić information content (AvgIpc) is 2.15. The largest absolute Gasteiger partial charge is 0.372 e. The van der Waals surface area contributed by atoms with Gasteiger partial charge in [-0.15, -0.1) is 0 Å². The van der Waals surface area contributed by atoms with Crippen molar-refractivity contribution < 1.29 is 9.31 Å². The number of benzene rings is 1. The molecule has 0 aliphatic carbocycles. The molecule has 0 unspecified atom stereocenters. The molecule has 0 radical (unpaired) electrons. The van der Waals surface area contributed by atoms with Gasteiger partial charge in [0.25, 0.3) is 5.69 Å². The number of rotatable bonds is 3. The average molecular weight is 212 g/mol. The summed E-state index contributed by atoms with van der Waals surface area (Å²) in [5, 5.41) is 10.5. The zero-order chi connectivity index (χ0) is 11.6. The molecule has 0 aromatic heterocycles. The van der Waals surface area contributed by atoms with Crippen LogP contribution >= 0.6 is 0 Å². The molecule has 82 valence electrons. The number of nitrogens with zero attached hydrogens (tertiary/aromatic N) is 2. The fourth-order valence-corrected chi connectivity index (χ4v) is 1.17. The lowest BCUT2D eigenvalue weighted by molar-refractivity contribution is -0.385. The number of nitro benzene ring substituents is 1. The first kappa shape index (κ1) is 11.4. The lowest BCUT2D eigenvalue weighted by Crippen LogP contribution is -2.25. The van der Waals surface area contributed by atoms with E-state index in [1.54, 1.807) is 11.9 Å². The van der Waals surface area contributed by atoms with E-state index in [2.05, 4.69) is 0 Å². The van der Waals surface area contributed by atoms with Gasteiger partial charge in [0, 0.05) is 24.8 Å². The molecule has 0 spiro atoms. The quantitative estimate of drug-likeness (QED) is 0.571. The van der Waals surface area contributed by atoms with Crippen molar-refractivity contribution in [3.8, 4) is 0 Å². The van der Waals surface area contributed by atoms with Gasteiger partial charge in [0.05, 0.1) is 11.0 Å². The summed E-state index contributed by atoms with van der Waals surface area (Å²) in [6.45, 7) is 3.85. The lowest BCUT2D eigenvalue weighted by Gasteiger charge is -2.23. The van der Waals surface area contributed by atoms with Crippen molar-refractivity contribution in [1.82, 2.24) is 0 Å². The van der Waals surface area contributed by atoms with Crippen LogP contribution in [0.2, 0.25) is 0 Å². The number of halogens is 1.